The van der Waals surface area contributed by atoms with E-state index in [4.69, 9.17) is 5.26 Å². The SMILES string of the molecule is N#Cc1ccc(/C=C/C(=O)NCC2(CO)CCCC2)cc1. The van der Waals surface area contributed by atoms with Gasteiger partial charge in [0.25, 0.3) is 0 Å². The Morgan fingerprint density at radius 2 is 2.00 bits per heavy atom. The first-order chi connectivity index (χ1) is 10.2. The van der Waals surface area contributed by atoms with E-state index in [1.54, 1.807) is 30.3 Å². The highest BCUT2D eigenvalue weighted by Crippen LogP contribution is 2.36. The lowest BCUT2D eigenvalue weighted by molar-refractivity contribution is -0.117. The molecule has 1 aliphatic carbocycles. The molecule has 0 unspecified atom stereocenters. The Morgan fingerprint density at radius 3 is 2.57 bits per heavy atom. The Labute approximate surface area is 125 Å². The van der Waals surface area contributed by atoms with Crippen LogP contribution in [-0.4, -0.2) is 24.2 Å². The van der Waals surface area contributed by atoms with Crippen LogP contribution in [0.4, 0.5) is 0 Å². The van der Waals surface area contributed by atoms with Gasteiger partial charge in [0, 0.05) is 18.0 Å². The van der Waals surface area contributed by atoms with Gasteiger partial charge in [0.2, 0.25) is 5.91 Å². The molecule has 0 atom stereocenters. The first-order valence-electron chi connectivity index (χ1n) is 7.24. The number of nitrogens with one attached hydrogen (secondary N) is 1. The Balaban J connectivity index is 1.86. The van der Waals surface area contributed by atoms with E-state index in [1.165, 1.54) is 6.08 Å². The van der Waals surface area contributed by atoms with Crippen LogP contribution >= 0.6 is 0 Å². The average molecular weight is 284 g/mol. The fourth-order valence-corrected chi connectivity index (χ4v) is 2.69. The number of hydrogen-bond donors (Lipinski definition) is 2. The zero-order valence-corrected chi connectivity index (χ0v) is 12.0. The summed E-state index contributed by atoms with van der Waals surface area (Å²) >= 11 is 0. The summed E-state index contributed by atoms with van der Waals surface area (Å²) in [6.45, 7) is 0.659. The van der Waals surface area contributed by atoms with Crippen molar-refractivity contribution >= 4 is 12.0 Å². The highest BCUT2D eigenvalue weighted by molar-refractivity contribution is 5.91. The zero-order chi connectivity index (χ0) is 15.1. The van der Waals surface area contributed by atoms with Crippen LogP contribution in [0.25, 0.3) is 6.08 Å². The number of aliphatic hydroxyl groups excluding tert-OH is 1. The van der Waals surface area contributed by atoms with Gasteiger partial charge in [-0.2, -0.15) is 5.26 Å². The maximum absolute atomic E-state index is 11.8. The molecule has 0 saturated heterocycles. The number of carbonyl (C=O) groups excluding carboxylic acids is 1. The third-order valence-corrected chi connectivity index (χ3v) is 4.10. The number of nitriles is 1. The highest BCUT2D eigenvalue weighted by atomic mass is 16.3. The highest BCUT2D eigenvalue weighted by Gasteiger charge is 2.33. The van der Waals surface area contributed by atoms with Crippen LogP contribution in [-0.2, 0) is 4.79 Å². The van der Waals surface area contributed by atoms with Crippen LogP contribution < -0.4 is 5.32 Å². The molecule has 1 saturated carbocycles. The Kier molecular flexibility index (Phi) is 5.13. The number of rotatable bonds is 5. The van der Waals surface area contributed by atoms with Gasteiger partial charge in [-0.3, -0.25) is 4.79 Å². The van der Waals surface area contributed by atoms with Crippen LogP contribution in [0, 0.1) is 16.7 Å². The lowest BCUT2D eigenvalue weighted by Gasteiger charge is -2.26. The fourth-order valence-electron chi connectivity index (χ4n) is 2.69. The van der Waals surface area contributed by atoms with E-state index in [-0.39, 0.29) is 17.9 Å². The lowest BCUT2D eigenvalue weighted by atomic mass is 9.87. The maximum atomic E-state index is 11.8. The molecule has 0 aromatic heterocycles. The molecule has 1 amide bonds. The van der Waals surface area contributed by atoms with Crippen LogP contribution in [0.15, 0.2) is 30.3 Å². The average Bonchev–Trinajstić information content (AvgIpc) is 3.01. The molecule has 4 heteroatoms. The molecule has 0 aliphatic heterocycles. The summed E-state index contributed by atoms with van der Waals surface area (Å²) in [7, 11) is 0. The predicted molar refractivity (Wildman–Crippen MR) is 81.2 cm³/mol. The minimum atomic E-state index is -0.154. The van der Waals surface area contributed by atoms with E-state index in [0.717, 1.165) is 31.2 Å². The molecule has 1 fully saturated rings. The summed E-state index contributed by atoms with van der Waals surface area (Å²) in [5.41, 5.74) is 1.35. The maximum Gasteiger partial charge on any atom is 0.244 e. The van der Waals surface area contributed by atoms with E-state index >= 15 is 0 Å². The quantitative estimate of drug-likeness (QED) is 0.814. The second-order valence-electron chi connectivity index (χ2n) is 5.65. The van der Waals surface area contributed by atoms with Gasteiger partial charge in [-0.05, 0) is 36.6 Å². The molecular weight excluding hydrogens is 264 g/mol. The molecule has 2 N–H and O–H groups in total. The van der Waals surface area contributed by atoms with E-state index in [9.17, 15) is 9.90 Å². The normalized spacial score (nSPS) is 16.8. The third-order valence-electron chi connectivity index (χ3n) is 4.10. The van der Waals surface area contributed by atoms with Crippen molar-refractivity contribution in [1.29, 1.82) is 5.26 Å². The molecule has 0 bridgehead atoms. The minimum Gasteiger partial charge on any atom is -0.396 e. The molecule has 0 spiro atoms. The van der Waals surface area contributed by atoms with Gasteiger partial charge >= 0.3 is 0 Å². The molecule has 0 heterocycles. The van der Waals surface area contributed by atoms with Gasteiger partial charge in [0.05, 0.1) is 18.2 Å². The number of amides is 1. The predicted octanol–water partition coefficient (Wildman–Crippen LogP) is 2.24. The van der Waals surface area contributed by atoms with Crippen molar-refractivity contribution in [2.75, 3.05) is 13.2 Å². The van der Waals surface area contributed by atoms with Gasteiger partial charge in [-0.1, -0.05) is 25.0 Å². The summed E-state index contributed by atoms with van der Waals surface area (Å²) in [6, 6.07) is 9.09. The largest absolute Gasteiger partial charge is 0.396 e. The fraction of sp³-hybridized carbons (Fsp3) is 0.412. The Hall–Kier alpha value is -2.12. The molecule has 1 aromatic rings. The second-order valence-corrected chi connectivity index (χ2v) is 5.65. The van der Waals surface area contributed by atoms with E-state index in [1.807, 2.05) is 0 Å². The topological polar surface area (TPSA) is 73.1 Å². The van der Waals surface area contributed by atoms with E-state index in [0.29, 0.717) is 12.1 Å². The second kappa shape index (κ2) is 7.05. The summed E-state index contributed by atoms with van der Waals surface area (Å²) in [4.78, 5) is 11.8. The van der Waals surface area contributed by atoms with Crippen LogP contribution in [0.3, 0.4) is 0 Å². The molecule has 4 nitrogen and oxygen atoms in total. The summed E-state index contributed by atoms with van der Waals surface area (Å²) in [5, 5.41) is 21.1. The lowest BCUT2D eigenvalue weighted by Crippen LogP contribution is -2.37. The van der Waals surface area contributed by atoms with Crippen molar-refractivity contribution in [2.24, 2.45) is 5.41 Å². The van der Waals surface area contributed by atoms with E-state index < -0.39 is 0 Å². The number of aliphatic hydroxyl groups is 1. The van der Waals surface area contributed by atoms with Crippen molar-refractivity contribution in [3.63, 3.8) is 0 Å². The van der Waals surface area contributed by atoms with Gasteiger partial charge in [0.1, 0.15) is 0 Å². The molecule has 1 aromatic carbocycles. The first-order valence-corrected chi connectivity index (χ1v) is 7.24. The standard InChI is InChI=1S/C17H20N2O2/c18-11-15-5-3-14(4-6-15)7-8-16(21)19-12-17(13-20)9-1-2-10-17/h3-8,20H,1-2,9-10,12-13H2,(H,19,21)/b8-7+. The Bertz CT molecular complexity index is 549. The van der Waals surface area contributed by atoms with Crippen molar-refractivity contribution in [3.8, 4) is 6.07 Å². The summed E-state index contributed by atoms with van der Waals surface area (Å²) < 4.78 is 0. The van der Waals surface area contributed by atoms with Gasteiger partial charge < -0.3 is 10.4 Å². The number of carbonyl (C=O) groups is 1. The molecule has 110 valence electrons. The first kappa shape index (κ1) is 15.3. The molecule has 1 aliphatic rings. The number of hydrogen-bond acceptors (Lipinski definition) is 3. The summed E-state index contributed by atoms with van der Waals surface area (Å²) in [5.74, 6) is -0.154. The van der Waals surface area contributed by atoms with Crippen LogP contribution in [0.1, 0.15) is 36.8 Å². The molecule has 21 heavy (non-hydrogen) atoms. The van der Waals surface area contributed by atoms with Crippen molar-refractivity contribution in [1.82, 2.24) is 5.32 Å². The minimum absolute atomic E-state index is 0.127. The number of benzene rings is 1. The van der Waals surface area contributed by atoms with Crippen LogP contribution in [0.5, 0.6) is 0 Å². The smallest absolute Gasteiger partial charge is 0.244 e. The summed E-state index contributed by atoms with van der Waals surface area (Å²) in [6.07, 6.45) is 7.40. The van der Waals surface area contributed by atoms with E-state index in [2.05, 4.69) is 11.4 Å². The molecule has 0 radical (unpaired) electrons. The zero-order valence-electron chi connectivity index (χ0n) is 12.0. The van der Waals surface area contributed by atoms with Gasteiger partial charge in [0.15, 0.2) is 0 Å². The van der Waals surface area contributed by atoms with Gasteiger partial charge in [-0.15, -0.1) is 0 Å². The van der Waals surface area contributed by atoms with Crippen molar-refractivity contribution < 1.29 is 9.90 Å². The third kappa shape index (κ3) is 4.17. The Morgan fingerprint density at radius 1 is 1.33 bits per heavy atom. The van der Waals surface area contributed by atoms with Crippen LogP contribution in [0.2, 0.25) is 0 Å². The molecule has 2 rings (SSSR count). The van der Waals surface area contributed by atoms with Gasteiger partial charge in [-0.25, -0.2) is 0 Å². The van der Waals surface area contributed by atoms with Crippen molar-refractivity contribution in [3.05, 3.63) is 41.5 Å². The molecular formula is C17H20N2O2. The monoisotopic (exact) mass is 284 g/mol. The van der Waals surface area contributed by atoms with Crippen molar-refractivity contribution in [2.45, 2.75) is 25.7 Å². The number of nitrogens with zero attached hydrogens (tertiary/aromatic N) is 1.